The number of carbonyl (C=O) groups excluding carboxylic acids is 1. The number of fused-ring (bicyclic) bond motifs is 1. The second-order valence-corrected chi connectivity index (χ2v) is 8.55. The number of allylic oxidation sites excluding steroid dienone is 1. The average Bonchev–Trinajstić information content (AvgIpc) is 3.38. The molecule has 2 heterocycles. The maximum absolute atomic E-state index is 14.1. The van der Waals surface area contributed by atoms with Gasteiger partial charge in [0.1, 0.15) is 11.4 Å². The molecule has 8 heteroatoms. The molecule has 0 saturated heterocycles. The first kappa shape index (κ1) is 21.6. The molecule has 3 atom stereocenters. The fourth-order valence-corrected chi connectivity index (χ4v) is 4.27. The highest BCUT2D eigenvalue weighted by Gasteiger charge is 2.51. The Balaban J connectivity index is 1.90. The van der Waals surface area contributed by atoms with E-state index in [1.807, 2.05) is 6.92 Å². The van der Waals surface area contributed by atoms with Gasteiger partial charge >= 0.3 is 0 Å². The minimum Gasteiger partial charge on any atom is -0.496 e. The van der Waals surface area contributed by atoms with E-state index in [9.17, 15) is 14.4 Å². The fourth-order valence-electron chi connectivity index (χ4n) is 4.27. The van der Waals surface area contributed by atoms with Gasteiger partial charge in [-0.25, -0.2) is 9.37 Å². The summed E-state index contributed by atoms with van der Waals surface area (Å²) in [5.41, 5.74) is 8.86. The molecule has 1 saturated carbocycles. The molecule has 1 aromatic heterocycles. The number of nitrogens with zero attached hydrogens (tertiary/aromatic N) is 2. The van der Waals surface area contributed by atoms with Crippen LogP contribution in [0.15, 0.2) is 35.7 Å². The number of anilines is 1. The first-order chi connectivity index (χ1) is 15.2. The van der Waals surface area contributed by atoms with Crippen molar-refractivity contribution in [1.82, 2.24) is 4.98 Å². The van der Waals surface area contributed by atoms with Crippen LogP contribution in [0.25, 0.3) is 0 Å². The number of nitrogens with two attached hydrogens (primary N) is 1. The third kappa shape index (κ3) is 3.64. The van der Waals surface area contributed by atoms with E-state index in [4.69, 9.17) is 15.2 Å². The van der Waals surface area contributed by atoms with Crippen molar-refractivity contribution in [1.29, 1.82) is 5.26 Å². The molecule has 32 heavy (non-hydrogen) atoms. The zero-order valence-electron chi connectivity index (χ0n) is 18.5. The summed E-state index contributed by atoms with van der Waals surface area (Å²) in [6.45, 7) is 5.42. The number of hydrogen-bond donors (Lipinski definition) is 2. The van der Waals surface area contributed by atoms with Crippen molar-refractivity contribution in [2.45, 2.75) is 38.8 Å². The number of ether oxygens (including phenoxy) is 2. The molecule has 0 radical (unpaired) electrons. The van der Waals surface area contributed by atoms with E-state index in [1.165, 1.54) is 7.11 Å². The molecule has 1 aromatic carbocycles. The number of amides is 1. The van der Waals surface area contributed by atoms with Gasteiger partial charge in [-0.3, -0.25) is 4.79 Å². The van der Waals surface area contributed by atoms with E-state index in [0.29, 0.717) is 46.0 Å². The fraction of sp³-hybridized carbons (Fsp3) is 0.375. The van der Waals surface area contributed by atoms with Crippen LogP contribution in [-0.4, -0.2) is 30.3 Å². The lowest BCUT2D eigenvalue weighted by atomic mass is 9.79. The number of methoxy groups -OCH3 is 1. The van der Waals surface area contributed by atoms with Crippen LogP contribution in [0.3, 0.4) is 0 Å². The number of carbonyl (C=O) groups is 1. The lowest BCUT2D eigenvalue weighted by Crippen LogP contribution is -2.29. The Morgan fingerprint density at radius 3 is 2.75 bits per heavy atom. The van der Waals surface area contributed by atoms with Crippen LogP contribution in [0.2, 0.25) is 0 Å². The van der Waals surface area contributed by atoms with Crippen molar-refractivity contribution in [3.05, 3.63) is 57.9 Å². The first-order valence-corrected chi connectivity index (χ1v) is 10.3. The number of nitriles is 1. The van der Waals surface area contributed by atoms with E-state index in [1.54, 1.807) is 38.2 Å². The summed E-state index contributed by atoms with van der Waals surface area (Å²) in [6, 6.07) is 7.12. The summed E-state index contributed by atoms with van der Waals surface area (Å²) in [4.78, 5) is 17.0. The van der Waals surface area contributed by atoms with Crippen molar-refractivity contribution >= 4 is 11.6 Å². The Morgan fingerprint density at radius 2 is 2.16 bits per heavy atom. The molecule has 2 aliphatic rings. The molecule has 0 bridgehead atoms. The second kappa shape index (κ2) is 7.83. The minimum atomic E-state index is -1.23. The maximum atomic E-state index is 14.1. The number of hydrogen-bond acceptors (Lipinski definition) is 6. The van der Waals surface area contributed by atoms with E-state index >= 15 is 0 Å². The third-order valence-corrected chi connectivity index (χ3v) is 6.26. The Morgan fingerprint density at radius 1 is 1.44 bits per heavy atom. The predicted octanol–water partition coefficient (Wildman–Crippen LogP) is 3.71. The van der Waals surface area contributed by atoms with Crippen molar-refractivity contribution in [3.63, 3.8) is 0 Å². The van der Waals surface area contributed by atoms with Crippen LogP contribution in [0, 0.1) is 24.2 Å². The summed E-state index contributed by atoms with van der Waals surface area (Å²) in [5, 5.41) is 12.6. The van der Waals surface area contributed by atoms with Gasteiger partial charge < -0.3 is 20.5 Å². The number of primary amides is 1. The molecule has 1 amide bonds. The monoisotopic (exact) mass is 436 g/mol. The average molecular weight is 436 g/mol. The van der Waals surface area contributed by atoms with Crippen molar-refractivity contribution in [2.75, 3.05) is 19.0 Å². The van der Waals surface area contributed by atoms with Gasteiger partial charge in [-0.1, -0.05) is 6.07 Å². The summed E-state index contributed by atoms with van der Waals surface area (Å²) < 4.78 is 25.6. The highest BCUT2D eigenvalue weighted by molar-refractivity contribution is 5.98. The highest BCUT2D eigenvalue weighted by atomic mass is 19.1. The van der Waals surface area contributed by atoms with E-state index in [-0.39, 0.29) is 12.5 Å². The molecule has 0 spiro atoms. The predicted molar refractivity (Wildman–Crippen MR) is 117 cm³/mol. The van der Waals surface area contributed by atoms with E-state index in [2.05, 4.69) is 16.4 Å². The Labute approximate surface area is 186 Å². The lowest BCUT2D eigenvalue weighted by molar-refractivity contribution is -0.114. The van der Waals surface area contributed by atoms with E-state index < -0.39 is 17.5 Å². The topological polar surface area (TPSA) is 110 Å². The SMILES string of the molecule is COc1cc(C#N)ccc1[C@@H]1C(C(N)=O)=C(C)Nc2c(C)cnc(OCC3CC3(C)F)c21. The zero-order valence-corrected chi connectivity index (χ0v) is 18.5. The van der Waals surface area contributed by atoms with Crippen molar-refractivity contribution in [2.24, 2.45) is 11.7 Å². The maximum Gasteiger partial charge on any atom is 0.247 e. The molecule has 3 N–H and O–H groups in total. The molecule has 166 valence electrons. The summed E-state index contributed by atoms with van der Waals surface area (Å²) in [5.74, 6) is -0.677. The number of alkyl halides is 1. The highest BCUT2D eigenvalue weighted by Crippen LogP contribution is 2.50. The third-order valence-electron chi connectivity index (χ3n) is 6.26. The molecule has 1 fully saturated rings. The molecule has 2 aromatic rings. The molecule has 4 rings (SSSR count). The Bertz CT molecular complexity index is 1180. The summed E-state index contributed by atoms with van der Waals surface area (Å²) in [7, 11) is 1.50. The van der Waals surface area contributed by atoms with Gasteiger partial charge in [-0.15, -0.1) is 0 Å². The number of nitrogens with one attached hydrogen (secondary N) is 1. The standard InChI is InChI=1S/C24H25FN4O3/c1-12-10-28-23(32-11-15-8-24(15,3)25)20-19(18(22(27)30)13(2)29-21(12)20)16-6-5-14(9-26)7-17(16)31-4/h5-7,10,15,19,29H,8,11H2,1-4H3,(H2,27,30)/t15?,19-,24?/m1/s1. The minimum absolute atomic E-state index is 0.182. The summed E-state index contributed by atoms with van der Waals surface area (Å²) in [6.07, 6.45) is 2.12. The molecule has 2 unspecified atom stereocenters. The van der Waals surface area contributed by atoms with Gasteiger partial charge in [0.05, 0.1) is 42.5 Å². The molecule has 1 aliphatic carbocycles. The van der Waals surface area contributed by atoms with Gasteiger partial charge in [0.25, 0.3) is 0 Å². The van der Waals surface area contributed by atoms with Crippen LogP contribution in [0.4, 0.5) is 10.1 Å². The lowest BCUT2D eigenvalue weighted by Gasteiger charge is -2.32. The van der Waals surface area contributed by atoms with Crippen LogP contribution >= 0.6 is 0 Å². The number of pyridine rings is 1. The van der Waals surface area contributed by atoms with Gasteiger partial charge in [0.15, 0.2) is 0 Å². The van der Waals surface area contributed by atoms with Gasteiger partial charge in [-0.2, -0.15) is 5.26 Å². The molecular formula is C24H25FN4O3. The Kier molecular flexibility index (Phi) is 5.29. The van der Waals surface area contributed by atoms with Crippen LogP contribution < -0.4 is 20.5 Å². The number of benzene rings is 1. The number of aryl methyl sites for hydroxylation is 1. The normalized spacial score (nSPS) is 23.6. The van der Waals surface area contributed by atoms with Gasteiger partial charge in [-0.05, 0) is 44.9 Å². The van der Waals surface area contributed by atoms with Crippen LogP contribution in [0.1, 0.15) is 48.4 Å². The second-order valence-electron chi connectivity index (χ2n) is 8.55. The number of aromatic nitrogens is 1. The number of rotatable bonds is 6. The van der Waals surface area contributed by atoms with Gasteiger partial charge in [0, 0.05) is 28.9 Å². The number of halogens is 1. The largest absolute Gasteiger partial charge is 0.496 e. The Hall–Kier alpha value is -3.60. The molecule has 7 nitrogen and oxygen atoms in total. The summed E-state index contributed by atoms with van der Waals surface area (Å²) >= 11 is 0. The van der Waals surface area contributed by atoms with Gasteiger partial charge in [0.2, 0.25) is 11.8 Å². The van der Waals surface area contributed by atoms with E-state index in [0.717, 1.165) is 11.3 Å². The van der Waals surface area contributed by atoms with Crippen molar-refractivity contribution in [3.8, 4) is 17.7 Å². The molecular weight excluding hydrogens is 411 g/mol. The van der Waals surface area contributed by atoms with Crippen LogP contribution in [0.5, 0.6) is 11.6 Å². The zero-order chi connectivity index (χ0) is 23.2. The van der Waals surface area contributed by atoms with Crippen molar-refractivity contribution < 1.29 is 18.7 Å². The van der Waals surface area contributed by atoms with Crippen LogP contribution in [-0.2, 0) is 4.79 Å². The quantitative estimate of drug-likeness (QED) is 0.714. The smallest absolute Gasteiger partial charge is 0.247 e. The molecule has 1 aliphatic heterocycles. The first-order valence-electron chi connectivity index (χ1n) is 10.3.